The summed E-state index contributed by atoms with van der Waals surface area (Å²) in [5, 5.41) is 0. The highest BCUT2D eigenvalue weighted by Gasteiger charge is 2.19. The van der Waals surface area contributed by atoms with E-state index < -0.39 is 9.84 Å². The van der Waals surface area contributed by atoms with E-state index in [0.29, 0.717) is 10.7 Å². The third-order valence-electron chi connectivity index (χ3n) is 3.76. The van der Waals surface area contributed by atoms with Gasteiger partial charge in [0.15, 0.2) is 15.6 Å². The smallest absolute Gasteiger partial charge is 0.210 e. The Hall–Kier alpha value is -2.40. The molecule has 4 nitrogen and oxygen atoms in total. The Morgan fingerprint density at radius 1 is 1.00 bits per heavy atom. The highest BCUT2D eigenvalue weighted by molar-refractivity contribution is 7.90. The van der Waals surface area contributed by atoms with Crippen molar-refractivity contribution in [2.75, 3.05) is 0 Å². The van der Waals surface area contributed by atoms with Crippen LogP contribution in [0.3, 0.4) is 0 Å². The maximum Gasteiger partial charge on any atom is 0.210 e. The Morgan fingerprint density at radius 2 is 1.74 bits per heavy atom. The Bertz CT molecular complexity index is 928. The normalized spacial score (nSPS) is 11.6. The van der Waals surface area contributed by atoms with Crippen molar-refractivity contribution < 1.29 is 12.8 Å². The maximum atomic E-state index is 12.5. The highest BCUT2D eigenvalue weighted by Crippen LogP contribution is 2.23. The molecule has 23 heavy (non-hydrogen) atoms. The third-order valence-corrected chi connectivity index (χ3v) is 5.36. The summed E-state index contributed by atoms with van der Waals surface area (Å²) in [5.41, 5.74) is 2.88. The predicted octanol–water partition coefficient (Wildman–Crippen LogP) is 3.93. The number of hydrogen-bond donors (Lipinski definition) is 0. The van der Waals surface area contributed by atoms with Crippen molar-refractivity contribution in [3.63, 3.8) is 0 Å². The molecule has 0 unspecified atom stereocenters. The molecule has 0 fully saturated rings. The van der Waals surface area contributed by atoms with E-state index in [4.69, 9.17) is 4.42 Å². The predicted molar refractivity (Wildman–Crippen MR) is 88.7 cm³/mol. The van der Waals surface area contributed by atoms with Crippen molar-refractivity contribution in [3.8, 4) is 11.3 Å². The molecule has 0 aliphatic heterocycles. The fraction of sp³-hybridized carbons (Fsp3) is 0.167. The SMILES string of the molecule is Cc1ccc(S(=O)(=O)Cc2ncc(-c3ccccc3)o2)cc1C. The first kappa shape index (κ1) is 15.5. The molecule has 0 aliphatic carbocycles. The molecule has 0 aliphatic rings. The lowest BCUT2D eigenvalue weighted by atomic mass is 10.1. The molecule has 0 bridgehead atoms. The maximum absolute atomic E-state index is 12.5. The van der Waals surface area contributed by atoms with Crippen molar-refractivity contribution in [1.29, 1.82) is 0 Å². The van der Waals surface area contributed by atoms with Crippen LogP contribution in [0.5, 0.6) is 0 Å². The molecule has 2 aromatic carbocycles. The van der Waals surface area contributed by atoms with Crippen LogP contribution >= 0.6 is 0 Å². The lowest BCUT2D eigenvalue weighted by Crippen LogP contribution is -2.05. The Kier molecular flexibility index (Phi) is 4.05. The van der Waals surface area contributed by atoms with Crippen LogP contribution in [0.25, 0.3) is 11.3 Å². The minimum absolute atomic E-state index is 0.196. The lowest BCUT2D eigenvalue weighted by molar-refractivity contribution is 0.519. The summed E-state index contributed by atoms with van der Waals surface area (Å²) in [7, 11) is -3.48. The molecule has 0 amide bonds. The molecule has 5 heteroatoms. The number of aryl methyl sites for hydroxylation is 2. The topological polar surface area (TPSA) is 60.2 Å². The van der Waals surface area contributed by atoms with E-state index in [2.05, 4.69) is 4.98 Å². The van der Waals surface area contributed by atoms with Crippen LogP contribution in [0, 0.1) is 13.8 Å². The Balaban J connectivity index is 1.86. The van der Waals surface area contributed by atoms with Gasteiger partial charge >= 0.3 is 0 Å². The van der Waals surface area contributed by atoms with Crippen LogP contribution in [0.2, 0.25) is 0 Å². The molecule has 118 valence electrons. The molecule has 0 atom stereocenters. The number of nitrogens with zero attached hydrogens (tertiary/aromatic N) is 1. The monoisotopic (exact) mass is 327 g/mol. The zero-order chi connectivity index (χ0) is 16.4. The second kappa shape index (κ2) is 6.01. The van der Waals surface area contributed by atoms with Crippen LogP contribution in [0.15, 0.2) is 64.0 Å². The summed E-state index contributed by atoms with van der Waals surface area (Å²) >= 11 is 0. The molecule has 0 saturated carbocycles. The largest absolute Gasteiger partial charge is 0.440 e. The van der Waals surface area contributed by atoms with Gasteiger partial charge < -0.3 is 4.42 Å². The average molecular weight is 327 g/mol. The third kappa shape index (κ3) is 3.35. The first-order valence-electron chi connectivity index (χ1n) is 7.26. The Morgan fingerprint density at radius 3 is 2.43 bits per heavy atom. The first-order valence-corrected chi connectivity index (χ1v) is 8.91. The van der Waals surface area contributed by atoms with Gasteiger partial charge in [-0.3, -0.25) is 0 Å². The van der Waals surface area contributed by atoms with Gasteiger partial charge in [-0.1, -0.05) is 36.4 Å². The second-order valence-electron chi connectivity index (χ2n) is 5.49. The molecular formula is C18H17NO3S. The van der Waals surface area contributed by atoms with E-state index in [0.717, 1.165) is 16.7 Å². The van der Waals surface area contributed by atoms with E-state index in [-0.39, 0.29) is 11.6 Å². The fourth-order valence-corrected chi connectivity index (χ4v) is 3.52. The van der Waals surface area contributed by atoms with Gasteiger partial charge in [0, 0.05) is 5.56 Å². The van der Waals surface area contributed by atoms with Gasteiger partial charge in [-0.15, -0.1) is 0 Å². The second-order valence-corrected chi connectivity index (χ2v) is 7.48. The summed E-state index contributed by atoms with van der Waals surface area (Å²) < 4.78 is 30.6. The number of rotatable bonds is 4. The van der Waals surface area contributed by atoms with Gasteiger partial charge in [0.1, 0.15) is 5.75 Å². The minimum atomic E-state index is -3.48. The standard InChI is InChI=1S/C18H17NO3S/c1-13-8-9-16(10-14(13)2)23(20,21)12-18-19-11-17(22-18)15-6-4-3-5-7-15/h3-11H,12H2,1-2H3. The highest BCUT2D eigenvalue weighted by atomic mass is 32.2. The van der Waals surface area contributed by atoms with E-state index in [9.17, 15) is 8.42 Å². The van der Waals surface area contributed by atoms with Gasteiger partial charge in [-0.2, -0.15) is 0 Å². The fourth-order valence-electron chi connectivity index (χ4n) is 2.27. The minimum Gasteiger partial charge on any atom is -0.440 e. The molecule has 0 N–H and O–H groups in total. The molecular weight excluding hydrogens is 310 g/mol. The summed E-state index contributed by atoms with van der Waals surface area (Å²) in [6.45, 7) is 3.85. The lowest BCUT2D eigenvalue weighted by Gasteiger charge is -2.05. The van der Waals surface area contributed by atoms with Gasteiger partial charge in [0.05, 0.1) is 11.1 Å². The van der Waals surface area contributed by atoms with E-state index in [1.54, 1.807) is 18.3 Å². The summed E-state index contributed by atoms with van der Waals surface area (Å²) in [5.74, 6) is 0.514. The summed E-state index contributed by atoms with van der Waals surface area (Å²) in [6, 6.07) is 14.6. The van der Waals surface area contributed by atoms with Gasteiger partial charge in [-0.25, -0.2) is 13.4 Å². The molecule has 1 aromatic heterocycles. The van der Waals surface area contributed by atoms with Gasteiger partial charge in [0.25, 0.3) is 0 Å². The number of oxazole rings is 1. The van der Waals surface area contributed by atoms with Crippen LogP contribution in [0.4, 0.5) is 0 Å². The van der Waals surface area contributed by atoms with Crippen molar-refractivity contribution in [1.82, 2.24) is 4.98 Å². The quantitative estimate of drug-likeness (QED) is 0.728. The van der Waals surface area contributed by atoms with Crippen LogP contribution in [-0.2, 0) is 15.6 Å². The van der Waals surface area contributed by atoms with Gasteiger partial charge in [0.2, 0.25) is 5.89 Å². The molecule has 0 radical (unpaired) electrons. The number of hydrogen-bond acceptors (Lipinski definition) is 4. The number of benzene rings is 2. The molecule has 3 rings (SSSR count). The van der Waals surface area contributed by atoms with Crippen LogP contribution in [0.1, 0.15) is 17.0 Å². The molecule has 0 saturated heterocycles. The van der Waals surface area contributed by atoms with Crippen molar-refractivity contribution in [2.45, 2.75) is 24.5 Å². The summed E-state index contributed by atoms with van der Waals surface area (Å²) in [4.78, 5) is 4.39. The molecule has 0 spiro atoms. The van der Waals surface area contributed by atoms with Crippen LogP contribution in [-0.4, -0.2) is 13.4 Å². The van der Waals surface area contributed by atoms with Crippen molar-refractivity contribution in [3.05, 3.63) is 71.7 Å². The zero-order valence-corrected chi connectivity index (χ0v) is 13.8. The van der Waals surface area contributed by atoms with Gasteiger partial charge in [-0.05, 0) is 37.1 Å². The summed E-state index contributed by atoms with van der Waals surface area (Å²) in [6.07, 6.45) is 1.56. The number of aromatic nitrogens is 1. The number of sulfone groups is 1. The molecule has 3 aromatic rings. The van der Waals surface area contributed by atoms with Crippen molar-refractivity contribution >= 4 is 9.84 Å². The molecule has 1 heterocycles. The Labute approximate surface area is 135 Å². The van der Waals surface area contributed by atoms with E-state index in [1.807, 2.05) is 50.2 Å². The van der Waals surface area contributed by atoms with Crippen LogP contribution < -0.4 is 0 Å². The van der Waals surface area contributed by atoms with Crippen molar-refractivity contribution in [2.24, 2.45) is 0 Å². The average Bonchev–Trinajstić information content (AvgIpc) is 2.98. The zero-order valence-electron chi connectivity index (χ0n) is 13.0. The van der Waals surface area contributed by atoms with E-state index >= 15 is 0 Å². The van der Waals surface area contributed by atoms with E-state index in [1.165, 1.54) is 0 Å². The first-order chi connectivity index (χ1) is 11.0.